The quantitative estimate of drug-likeness (QED) is 0.536. The Morgan fingerprint density at radius 3 is 2.70 bits per heavy atom. The number of hydrogen-bond acceptors (Lipinski definition) is 2. The van der Waals surface area contributed by atoms with Crippen molar-refractivity contribution in [3.8, 4) is 5.69 Å². The average molecular weight is 311 g/mol. The first-order valence-electron chi connectivity index (χ1n) is 6.99. The van der Waals surface area contributed by atoms with Crippen LogP contribution in [0.5, 0.6) is 0 Å². The van der Waals surface area contributed by atoms with Gasteiger partial charge in [-0.25, -0.2) is 9.18 Å². The predicted octanol–water partition coefficient (Wildman–Crippen LogP) is 2.70. The van der Waals surface area contributed by atoms with E-state index in [1.165, 1.54) is 18.2 Å². The summed E-state index contributed by atoms with van der Waals surface area (Å²) in [5, 5.41) is 2.51. The number of amides is 3. The molecule has 6 heteroatoms. The van der Waals surface area contributed by atoms with Crippen molar-refractivity contribution in [2.45, 2.75) is 0 Å². The first kappa shape index (κ1) is 14.8. The molecule has 0 spiro atoms. The third-order valence-corrected chi connectivity index (χ3v) is 3.46. The van der Waals surface area contributed by atoms with Gasteiger partial charge in [0.2, 0.25) is 0 Å². The maximum absolute atomic E-state index is 14.0. The van der Waals surface area contributed by atoms with Crippen LogP contribution in [0.25, 0.3) is 11.8 Å². The monoisotopic (exact) mass is 311 g/mol. The van der Waals surface area contributed by atoms with E-state index in [4.69, 9.17) is 0 Å². The first-order valence-corrected chi connectivity index (χ1v) is 6.99. The highest BCUT2D eigenvalue weighted by Crippen LogP contribution is 2.20. The Morgan fingerprint density at radius 1 is 1.17 bits per heavy atom. The van der Waals surface area contributed by atoms with E-state index in [0.29, 0.717) is 11.4 Å². The second-order valence-electron chi connectivity index (χ2n) is 4.95. The maximum Gasteiger partial charge on any atom is 0.329 e. The third kappa shape index (κ3) is 2.66. The number of hydrogen-bond donors (Lipinski definition) is 1. The fraction of sp³-hybridized carbons (Fsp3) is 0.0588. The highest BCUT2D eigenvalue weighted by atomic mass is 19.1. The van der Waals surface area contributed by atoms with Gasteiger partial charge in [0.05, 0.1) is 5.69 Å². The molecule has 2 heterocycles. The van der Waals surface area contributed by atoms with Crippen molar-refractivity contribution in [3.63, 3.8) is 0 Å². The molecule has 3 rings (SSSR count). The second kappa shape index (κ2) is 5.92. The standard InChI is InChI=1S/C17H14FN3O2/c1-2-9-21-16(22)14(19-17(21)23)11-12-6-5-10-20(12)15-8-4-3-7-13(15)18/h2-8,10-11H,1,9H2,(H,19,23)/b14-11+. The lowest BCUT2D eigenvalue weighted by Gasteiger charge is -2.08. The Bertz CT molecular complexity index is 823. The number of para-hydroxylation sites is 1. The van der Waals surface area contributed by atoms with E-state index < -0.39 is 11.9 Å². The van der Waals surface area contributed by atoms with Crippen molar-refractivity contribution < 1.29 is 14.0 Å². The molecule has 1 N–H and O–H groups in total. The summed E-state index contributed by atoms with van der Waals surface area (Å²) in [4.78, 5) is 25.0. The van der Waals surface area contributed by atoms with E-state index in [9.17, 15) is 14.0 Å². The summed E-state index contributed by atoms with van der Waals surface area (Å²) in [5.41, 5.74) is 1.09. The van der Waals surface area contributed by atoms with Crippen LogP contribution in [0.3, 0.4) is 0 Å². The van der Waals surface area contributed by atoms with Gasteiger partial charge in [0.25, 0.3) is 5.91 Å². The van der Waals surface area contributed by atoms with Gasteiger partial charge in [0.1, 0.15) is 11.5 Å². The van der Waals surface area contributed by atoms with E-state index in [1.54, 1.807) is 41.1 Å². The van der Waals surface area contributed by atoms with Gasteiger partial charge >= 0.3 is 6.03 Å². The van der Waals surface area contributed by atoms with Gasteiger partial charge in [0, 0.05) is 18.4 Å². The molecule has 1 aromatic carbocycles. The van der Waals surface area contributed by atoms with Crippen LogP contribution in [0, 0.1) is 5.82 Å². The molecule has 0 atom stereocenters. The number of aromatic nitrogens is 1. The Morgan fingerprint density at radius 2 is 1.96 bits per heavy atom. The van der Waals surface area contributed by atoms with Crippen LogP contribution >= 0.6 is 0 Å². The van der Waals surface area contributed by atoms with Crippen molar-refractivity contribution in [3.05, 3.63) is 72.5 Å². The van der Waals surface area contributed by atoms with Crippen LogP contribution in [0.1, 0.15) is 5.69 Å². The lowest BCUT2D eigenvalue weighted by molar-refractivity contribution is -0.122. The fourth-order valence-corrected chi connectivity index (χ4v) is 2.39. The summed E-state index contributed by atoms with van der Waals surface area (Å²) in [7, 11) is 0. The first-order chi connectivity index (χ1) is 11.1. The molecule has 1 aliphatic heterocycles. The van der Waals surface area contributed by atoms with Crippen LogP contribution in [-0.2, 0) is 4.79 Å². The lowest BCUT2D eigenvalue weighted by Crippen LogP contribution is -2.30. The molecule has 116 valence electrons. The number of carbonyl (C=O) groups is 2. The highest BCUT2D eigenvalue weighted by molar-refractivity contribution is 6.14. The molecule has 5 nitrogen and oxygen atoms in total. The smallest absolute Gasteiger partial charge is 0.314 e. The van der Waals surface area contributed by atoms with Gasteiger partial charge in [-0.05, 0) is 30.3 Å². The summed E-state index contributed by atoms with van der Waals surface area (Å²) >= 11 is 0. The summed E-state index contributed by atoms with van der Waals surface area (Å²) < 4.78 is 15.6. The van der Waals surface area contributed by atoms with E-state index in [2.05, 4.69) is 11.9 Å². The normalized spacial score (nSPS) is 16.0. The van der Waals surface area contributed by atoms with Crippen molar-refractivity contribution in [2.24, 2.45) is 0 Å². The molecule has 3 amide bonds. The molecule has 1 aliphatic rings. The van der Waals surface area contributed by atoms with Gasteiger partial charge < -0.3 is 9.88 Å². The van der Waals surface area contributed by atoms with Crippen LogP contribution in [-0.4, -0.2) is 28.0 Å². The van der Waals surface area contributed by atoms with Gasteiger partial charge in [-0.1, -0.05) is 18.2 Å². The van der Waals surface area contributed by atoms with Crippen molar-refractivity contribution in [1.82, 2.24) is 14.8 Å². The van der Waals surface area contributed by atoms with Crippen LogP contribution in [0.2, 0.25) is 0 Å². The Hall–Kier alpha value is -3.15. The fourth-order valence-electron chi connectivity index (χ4n) is 2.39. The number of imide groups is 1. The third-order valence-electron chi connectivity index (χ3n) is 3.46. The predicted molar refractivity (Wildman–Crippen MR) is 84.1 cm³/mol. The zero-order valence-corrected chi connectivity index (χ0v) is 12.2. The summed E-state index contributed by atoms with van der Waals surface area (Å²) in [5.74, 6) is -0.811. The molecule has 2 aromatic rings. The van der Waals surface area contributed by atoms with Crippen molar-refractivity contribution in [2.75, 3.05) is 6.54 Å². The zero-order valence-electron chi connectivity index (χ0n) is 12.2. The minimum absolute atomic E-state index is 0.135. The van der Waals surface area contributed by atoms with Gasteiger partial charge in [0.15, 0.2) is 0 Å². The number of benzene rings is 1. The zero-order chi connectivity index (χ0) is 16.4. The Balaban J connectivity index is 1.98. The second-order valence-corrected chi connectivity index (χ2v) is 4.95. The molecular formula is C17H14FN3O2. The van der Waals surface area contributed by atoms with E-state index in [-0.39, 0.29) is 18.1 Å². The summed E-state index contributed by atoms with van der Waals surface area (Å²) in [6.45, 7) is 3.65. The summed E-state index contributed by atoms with van der Waals surface area (Å²) in [6.07, 6.45) is 4.69. The maximum atomic E-state index is 14.0. The van der Waals surface area contributed by atoms with E-state index >= 15 is 0 Å². The number of carbonyl (C=O) groups excluding carboxylic acids is 2. The molecule has 1 saturated heterocycles. The largest absolute Gasteiger partial charge is 0.329 e. The molecule has 0 bridgehead atoms. The van der Waals surface area contributed by atoms with Gasteiger partial charge in [-0.2, -0.15) is 0 Å². The molecular weight excluding hydrogens is 297 g/mol. The van der Waals surface area contributed by atoms with Crippen molar-refractivity contribution >= 4 is 18.0 Å². The topological polar surface area (TPSA) is 54.3 Å². The van der Waals surface area contributed by atoms with Crippen LogP contribution in [0.15, 0.2) is 60.9 Å². The van der Waals surface area contributed by atoms with E-state index in [1.807, 2.05) is 0 Å². The SMILES string of the molecule is C=CCN1C(=O)N/C(=C/c2cccn2-c2ccccc2F)C1=O. The Kier molecular flexibility index (Phi) is 3.80. The number of halogens is 1. The molecule has 23 heavy (non-hydrogen) atoms. The molecule has 1 fully saturated rings. The Labute approximate surface area is 132 Å². The number of urea groups is 1. The number of nitrogens with zero attached hydrogens (tertiary/aromatic N) is 2. The molecule has 0 saturated carbocycles. The van der Waals surface area contributed by atoms with Gasteiger partial charge in [-0.15, -0.1) is 6.58 Å². The molecule has 0 aliphatic carbocycles. The minimum atomic E-state index is -0.495. The summed E-state index contributed by atoms with van der Waals surface area (Å²) in [6, 6.07) is 9.30. The number of nitrogens with one attached hydrogen (secondary N) is 1. The highest BCUT2D eigenvalue weighted by Gasteiger charge is 2.32. The van der Waals surface area contributed by atoms with Crippen LogP contribution < -0.4 is 5.32 Å². The molecule has 0 unspecified atom stereocenters. The van der Waals surface area contributed by atoms with Gasteiger partial charge in [-0.3, -0.25) is 9.69 Å². The minimum Gasteiger partial charge on any atom is -0.314 e. The number of rotatable bonds is 4. The molecule has 0 radical (unpaired) electrons. The lowest BCUT2D eigenvalue weighted by atomic mass is 10.2. The molecule has 1 aromatic heterocycles. The van der Waals surface area contributed by atoms with E-state index in [0.717, 1.165) is 4.90 Å². The average Bonchev–Trinajstić information content (AvgIpc) is 3.09. The van der Waals surface area contributed by atoms with Crippen molar-refractivity contribution in [1.29, 1.82) is 0 Å². The van der Waals surface area contributed by atoms with Crippen LogP contribution in [0.4, 0.5) is 9.18 Å².